The van der Waals surface area contributed by atoms with Gasteiger partial charge in [0, 0.05) is 7.05 Å². The third-order valence-corrected chi connectivity index (χ3v) is 3.05. The van der Waals surface area contributed by atoms with Gasteiger partial charge in [-0.05, 0) is 0 Å². The molecule has 1 atom stereocenters. The fourth-order valence-electron chi connectivity index (χ4n) is 1.23. The minimum atomic E-state index is -4.47. The number of nitrogens with zero attached hydrogens (tertiary/aromatic N) is 1. The third kappa shape index (κ3) is 3.71. The number of β-lactam (4-membered cyclic amide) rings is 1. The Morgan fingerprint density at radius 2 is 1.90 bits per heavy atom. The molecule has 1 heterocycles. The lowest BCUT2D eigenvalue weighted by Crippen LogP contribution is -2.67. The van der Waals surface area contributed by atoms with Crippen molar-refractivity contribution in [1.82, 2.24) is 25.0 Å². The van der Waals surface area contributed by atoms with Gasteiger partial charge in [0.25, 0.3) is 5.91 Å². The highest BCUT2D eigenvalue weighted by atomic mass is 32.2. The Kier molecular flexibility index (Phi) is 4.34. The fraction of sp³-hybridized carbons (Fsp3) is 0.429. The van der Waals surface area contributed by atoms with Crippen LogP contribution in [0.2, 0.25) is 0 Å². The molecule has 0 radical (unpaired) electrons. The van der Waals surface area contributed by atoms with Crippen molar-refractivity contribution in [2.24, 2.45) is 0 Å². The van der Waals surface area contributed by atoms with E-state index in [4.69, 9.17) is 5.11 Å². The fourth-order valence-corrected chi connectivity index (χ4v) is 1.97. The molecule has 12 nitrogen and oxygen atoms in total. The van der Waals surface area contributed by atoms with E-state index in [2.05, 4.69) is 0 Å². The van der Waals surface area contributed by atoms with Crippen LogP contribution in [0.25, 0.3) is 0 Å². The zero-order valence-electron chi connectivity index (χ0n) is 10.0. The molecule has 0 aromatic carbocycles. The van der Waals surface area contributed by atoms with E-state index in [-0.39, 0.29) is 6.54 Å². The Bertz CT molecular complexity index is 558. The first-order chi connectivity index (χ1) is 9.16. The number of hydrogen-bond acceptors (Lipinski definition) is 6. The van der Waals surface area contributed by atoms with E-state index in [9.17, 15) is 27.6 Å². The molecule has 0 aliphatic carbocycles. The molecule has 0 aromatic rings. The van der Waals surface area contributed by atoms with Gasteiger partial charge in [0.2, 0.25) is 0 Å². The highest BCUT2D eigenvalue weighted by Gasteiger charge is 2.42. The highest BCUT2D eigenvalue weighted by Crippen LogP contribution is 2.10. The summed E-state index contributed by atoms with van der Waals surface area (Å²) in [5.41, 5.74) is 0. The second-order valence-corrected chi connectivity index (χ2v) is 4.96. The van der Waals surface area contributed by atoms with Crippen LogP contribution in [0, 0.1) is 0 Å². The van der Waals surface area contributed by atoms with Gasteiger partial charge < -0.3 is 15.7 Å². The molecular weight excluding hydrogens is 298 g/mol. The van der Waals surface area contributed by atoms with Gasteiger partial charge in [-0.25, -0.2) is 23.8 Å². The normalized spacial score (nSPS) is 17.8. The number of carboxylic acid groups (broad SMARTS) is 1. The van der Waals surface area contributed by atoms with Crippen molar-refractivity contribution in [3.8, 4) is 0 Å². The van der Waals surface area contributed by atoms with E-state index in [0.717, 1.165) is 7.05 Å². The van der Waals surface area contributed by atoms with Crippen LogP contribution < -0.4 is 20.1 Å². The van der Waals surface area contributed by atoms with Crippen molar-refractivity contribution >= 4 is 34.3 Å². The molecule has 0 saturated carbocycles. The summed E-state index contributed by atoms with van der Waals surface area (Å²) >= 11 is 0. The van der Waals surface area contributed by atoms with Gasteiger partial charge in [0.15, 0.2) is 0 Å². The van der Waals surface area contributed by atoms with Crippen molar-refractivity contribution in [2.75, 3.05) is 13.6 Å². The molecule has 1 aliphatic heterocycles. The summed E-state index contributed by atoms with van der Waals surface area (Å²) in [6.45, 7) is -0.313. The number of imide groups is 1. The average molecular weight is 309 g/mol. The lowest BCUT2D eigenvalue weighted by Gasteiger charge is -2.35. The second-order valence-electron chi connectivity index (χ2n) is 3.54. The average Bonchev–Trinajstić information content (AvgIpc) is 2.31. The van der Waals surface area contributed by atoms with Crippen molar-refractivity contribution in [3.63, 3.8) is 0 Å². The molecule has 0 bridgehead atoms. The molecule has 5 N–H and O–H groups in total. The number of nitrogens with one attached hydrogen (secondary N) is 4. The van der Waals surface area contributed by atoms with Crippen molar-refractivity contribution in [3.05, 3.63) is 0 Å². The molecule has 13 heteroatoms. The molecule has 112 valence electrons. The minimum absolute atomic E-state index is 0.313. The molecule has 0 unspecified atom stereocenters. The first-order valence-corrected chi connectivity index (χ1v) is 6.51. The first kappa shape index (κ1) is 15.5. The molecule has 0 spiro atoms. The molecule has 1 rings (SSSR count). The van der Waals surface area contributed by atoms with Gasteiger partial charge in [0.05, 0.1) is 6.54 Å². The number of hydrogen-bond donors (Lipinski definition) is 5. The van der Waals surface area contributed by atoms with Crippen LogP contribution in [0.5, 0.6) is 0 Å². The maximum Gasteiger partial charge on any atom is 0.405 e. The zero-order chi connectivity index (χ0) is 15.5. The van der Waals surface area contributed by atoms with Crippen LogP contribution >= 0.6 is 0 Å². The van der Waals surface area contributed by atoms with E-state index in [1.807, 2.05) is 10.6 Å². The lowest BCUT2D eigenvalue weighted by molar-refractivity contribution is -0.138. The van der Waals surface area contributed by atoms with Crippen molar-refractivity contribution < 1.29 is 32.7 Å². The number of carbonyl (C=O) groups excluding carboxylic acids is 3. The molecule has 20 heavy (non-hydrogen) atoms. The Labute approximate surface area is 112 Å². The first-order valence-electron chi connectivity index (χ1n) is 5.03. The zero-order valence-corrected chi connectivity index (χ0v) is 10.9. The van der Waals surface area contributed by atoms with Gasteiger partial charge in [-0.2, -0.15) is 8.42 Å². The van der Waals surface area contributed by atoms with Crippen LogP contribution in [0.1, 0.15) is 0 Å². The Morgan fingerprint density at radius 3 is 2.35 bits per heavy atom. The standard InChI is InChI=1S/C7H11N5O7S/c1-8-5(14)10-20(18,19)11-6(15)12-2-3(4(12)13)9-7(16)17/h3,9H,2H2,1H3,(H,11,15)(H,16,17)(H2,8,10,14)/t3-/m0/s1. The lowest BCUT2D eigenvalue weighted by atomic mass is 10.1. The number of urea groups is 2. The quantitative estimate of drug-likeness (QED) is 0.354. The summed E-state index contributed by atoms with van der Waals surface area (Å²) in [4.78, 5) is 44.3. The van der Waals surface area contributed by atoms with Gasteiger partial charge in [-0.3, -0.25) is 9.69 Å². The van der Waals surface area contributed by atoms with E-state index < -0.39 is 40.3 Å². The topological polar surface area (TPSA) is 174 Å². The summed E-state index contributed by atoms with van der Waals surface area (Å²) in [7, 11) is -3.31. The van der Waals surface area contributed by atoms with E-state index in [1.165, 1.54) is 9.44 Å². The smallest absolute Gasteiger partial charge is 0.405 e. The summed E-state index contributed by atoms with van der Waals surface area (Å²) in [6.07, 6.45) is -1.45. The summed E-state index contributed by atoms with van der Waals surface area (Å²) < 4.78 is 25.4. The van der Waals surface area contributed by atoms with Crippen LogP contribution in [-0.4, -0.2) is 62.1 Å². The van der Waals surface area contributed by atoms with E-state index in [1.54, 1.807) is 0 Å². The van der Waals surface area contributed by atoms with Crippen molar-refractivity contribution in [1.29, 1.82) is 0 Å². The van der Waals surface area contributed by atoms with E-state index >= 15 is 0 Å². The maximum atomic E-state index is 11.4. The van der Waals surface area contributed by atoms with Crippen LogP contribution in [-0.2, 0) is 15.0 Å². The summed E-state index contributed by atoms with van der Waals surface area (Å²) in [5.74, 6) is -0.903. The Morgan fingerprint density at radius 1 is 1.30 bits per heavy atom. The molecule has 1 fully saturated rings. The molecule has 0 aromatic heterocycles. The Balaban J connectivity index is 2.55. The van der Waals surface area contributed by atoms with Gasteiger partial charge in [-0.1, -0.05) is 0 Å². The van der Waals surface area contributed by atoms with Crippen molar-refractivity contribution in [2.45, 2.75) is 6.04 Å². The third-order valence-electron chi connectivity index (χ3n) is 2.15. The largest absolute Gasteiger partial charge is 0.465 e. The van der Waals surface area contributed by atoms with Crippen LogP contribution in [0.15, 0.2) is 0 Å². The minimum Gasteiger partial charge on any atom is -0.465 e. The number of rotatable bonds is 3. The number of amides is 6. The predicted molar refractivity (Wildman–Crippen MR) is 61.7 cm³/mol. The Hall–Kier alpha value is -2.57. The highest BCUT2D eigenvalue weighted by molar-refractivity contribution is 7.88. The molecule has 1 aliphatic rings. The molecular formula is C7H11N5O7S. The van der Waals surface area contributed by atoms with E-state index in [0.29, 0.717) is 4.90 Å². The van der Waals surface area contributed by atoms with Crippen LogP contribution in [0.4, 0.5) is 14.4 Å². The van der Waals surface area contributed by atoms with Crippen LogP contribution in [0.3, 0.4) is 0 Å². The summed E-state index contributed by atoms with van der Waals surface area (Å²) in [6, 6.07) is -3.48. The molecule has 1 saturated heterocycles. The van der Waals surface area contributed by atoms with Gasteiger partial charge >= 0.3 is 28.4 Å². The monoisotopic (exact) mass is 309 g/mol. The second kappa shape index (κ2) is 5.60. The maximum absolute atomic E-state index is 11.4. The van der Waals surface area contributed by atoms with Gasteiger partial charge in [-0.15, -0.1) is 0 Å². The number of carbonyl (C=O) groups is 4. The number of likely N-dealkylation sites (tertiary alicyclic amines) is 1. The predicted octanol–water partition coefficient (Wildman–Crippen LogP) is -2.65. The SMILES string of the molecule is CNC(=O)NS(=O)(=O)NC(=O)N1C[C@H](NC(=O)O)C1=O. The van der Waals surface area contributed by atoms with Gasteiger partial charge in [0.1, 0.15) is 6.04 Å². The molecule has 6 amide bonds. The summed E-state index contributed by atoms with van der Waals surface area (Å²) in [5, 5.41) is 12.2.